The van der Waals surface area contributed by atoms with Gasteiger partial charge in [0, 0.05) is 37.3 Å². The second-order valence-corrected chi connectivity index (χ2v) is 5.44. The van der Waals surface area contributed by atoms with Crippen LogP contribution in [0.4, 0.5) is 5.69 Å². The fourth-order valence-electron chi connectivity index (χ4n) is 2.37. The Hall–Kier alpha value is -2.40. The van der Waals surface area contributed by atoms with E-state index in [0.717, 1.165) is 11.1 Å². The molecule has 1 aliphatic carbocycles. The number of likely N-dealkylation sites (N-methyl/N-ethyl adjacent to an activating group) is 1. The summed E-state index contributed by atoms with van der Waals surface area (Å²) in [5, 5.41) is 8.92. The summed E-state index contributed by atoms with van der Waals surface area (Å²) in [4.78, 5) is 25.9. The topological polar surface area (TPSA) is 83.6 Å². The number of nitrogens with two attached hydrogens (primary N) is 1. The molecule has 1 aromatic rings. The van der Waals surface area contributed by atoms with Crippen molar-refractivity contribution in [2.24, 2.45) is 0 Å². The second kappa shape index (κ2) is 6.58. The number of nitrogen functional groups attached to an aromatic ring is 1. The molecular formula is C17H20N2O3. The maximum Gasteiger partial charge on any atom is 0.202 e. The third kappa shape index (κ3) is 3.43. The second-order valence-electron chi connectivity index (χ2n) is 5.44. The van der Waals surface area contributed by atoms with Crippen LogP contribution in [0.2, 0.25) is 0 Å². The largest absolute Gasteiger partial charge is 0.399 e. The molecular weight excluding hydrogens is 280 g/mol. The SMILES string of the molecule is Cc1cc(CC2=CC(=O)C(N(C)CCO)=CC2=O)ccc1N. The number of aliphatic hydroxyl groups is 1. The van der Waals surface area contributed by atoms with Gasteiger partial charge in [-0.25, -0.2) is 0 Å². The van der Waals surface area contributed by atoms with Gasteiger partial charge < -0.3 is 15.7 Å². The molecule has 1 aromatic carbocycles. The zero-order valence-electron chi connectivity index (χ0n) is 12.8. The Kier molecular flexibility index (Phi) is 4.78. The summed E-state index contributed by atoms with van der Waals surface area (Å²) in [7, 11) is 1.68. The summed E-state index contributed by atoms with van der Waals surface area (Å²) in [6.45, 7) is 2.14. The van der Waals surface area contributed by atoms with Gasteiger partial charge in [-0.05, 0) is 30.2 Å². The molecule has 3 N–H and O–H groups in total. The van der Waals surface area contributed by atoms with Gasteiger partial charge in [0.2, 0.25) is 5.78 Å². The number of carbonyl (C=O) groups excluding carboxylic acids is 2. The summed E-state index contributed by atoms with van der Waals surface area (Å²) in [5.41, 5.74) is 9.16. The molecule has 0 amide bonds. The summed E-state index contributed by atoms with van der Waals surface area (Å²) in [6.07, 6.45) is 3.13. The minimum Gasteiger partial charge on any atom is -0.399 e. The molecule has 1 aliphatic rings. The van der Waals surface area contributed by atoms with Crippen molar-refractivity contribution in [2.45, 2.75) is 13.3 Å². The van der Waals surface area contributed by atoms with Gasteiger partial charge >= 0.3 is 0 Å². The van der Waals surface area contributed by atoms with Gasteiger partial charge in [-0.3, -0.25) is 9.59 Å². The van der Waals surface area contributed by atoms with Crippen molar-refractivity contribution < 1.29 is 14.7 Å². The predicted octanol–water partition coefficient (Wildman–Crippen LogP) is 1.01. The smallest absolute Gasteiger partial charge is 0.202 e. The fraction of sp³-hybridized carbons (Fsp3) is 0.294. The number of allylic oxidation sites excluding steroid dienone is 3. The van der Waals surface area contributed by atoms with Gasteiger partial charge in [0.15, 0.2) is 5.78 Å². The summed E-state index contributed by atoms with van der Waals surface area (Å²) in [5.74, 6) is -0.383. The lowest BCUT2D eigenvalue weighted by Gasteiger charge is -2.22. The first-order chi connectivity index (χ1) is 10.4. The van der Waals surface area contributed by atoms with Crippen molar-refractivity contribution in [3.8, 4) is 0 Å². The van der Waals surface area contributed by atoms with E-state index in [1.54, 1.807) is 18.0 Å². The molecule has 0 fully saturated rings. The number of ketones is 2. The Morgan fingerprint density at radius 1 is 1.18 bits per heavy atom. The van der Waals surface area contributed by atoms with Crippen LogP contribution in [-0.2, 0) is 16.0 Å². The molecule has 0 spiro atoms. The molecule has 5 heteroatoms. The molecule has 2 rings (SSSR count). The van der Waals surface area contributed by atoms with Crippen LogP contribution in [0.15, 0.2) is 41.6 Å². The van der Waals surface area contributed by atoms with Crippen molar-refractivity contribution in [1.82, 2.24) is 4.90 Å². The molecule has 116 valence electrons. The van der Waals surface area contributed by atoms with E-state index in [2.05, 4.69) is 0 Å². The van der Waals surface area contributed by atoms with Gasteiger partial charge in [-0.1, -0.05) is 12.1 Å². The van der Waals surface area contributed by atoms with Crippen LogP contribution in [0.5, 0.6) is 0 Å². The highest BCUT2D eigenvalue weighted by Crippen LogP contribution is 2.20. The van der Waals surface area contributed by atoms with E-state index in [1.807, 2.05) is 19.1 Å². The summed E-state index contributed by atoms with van der Waals surface area (Å²) in [6, 6.07) is 5.58. The molecule has 0 heterocycles. The molecule has 0 aromatic heterocycles. The van der Waals surface area contributed by atoms with E-state index in [9.17, 15) is 9.59 Å². The van der Waals surface area contributed by atoms with Gasteiger partial charge in [0.05, 0.1) is 12.3 Å². The van der Waals surface area contributed by atoms with E-state index in [-0.39, 0.29) is 18.2 Å². The predicted molar refractivity (Wildman–Crippen MR) is 85.2 cm³/mol. The molecule has 0 unspecified atom stereocenters. The normalized spacial score (nSPS) is 14.7. The lowest BCUT2D eigenvalue weighted by molar-refractivity contribution is -0.116. The van der Waals surface area contributed by atoms with E-state index < -0.39 is 0 Å². The minimum atomic E-state index is -0.210. The van der Waals surface area contributed by atoms with Crippen LogP contribution >= 0.6 is 0 Å². The Morgan fingerprint density at radius 3 is 2.55 bits per heavy atom. The number of nitrogens with zero attached hydrogens (tertiary/aromatic N) is 1. The van der Waals surface area contributed by atoms with Crippen LogP contribution < -0.4 is 5.73 Å². The van der Waals surface area contributed by atoms with Crippen LogP contribution in [0.3, 0.4) is 0 Å². The number of aryl methyl sites for hydroxylation is 1. The molecule has 22 heavy (non-hydrogen) atoms. The van der Waals surface area contributed by atoms with Crippen molar-refractivity contribution in [3.63, 3.8) is 0 Å². The van der Waals surface area contributed by atoms with Crippen LogP contribution in [0.25, 0.3) is 0 Å². The number of hydrogen-bond donors (Lipinski definition) is 2. The summed E-state index contributed by atoms with van der Waals surface area (Å²) >= 11 is 0. The van der Waals surface area contributed by atoms with E-state index >= 15 is 0 Å². The standard InChI is InChI=1S/C17H20N2O3/c1-11-7-12(3-4-14(11)18)8-13-9-17(22)15(10-16(13)21)19(2)5-6-20/h3-4,7,9-10,20H,5-6,8,18H2,1-2H3. The Morgan fingerprint density at radius 2 is 1.91 bits per heavy atom. The zero-order valence-corrected chi connectivity index (χ0v) is 12.8. The average molecular weight is 300 g/mol. The van der Waals surface area contributed by atoms with Gasteiger partial charge in [0.1, 0.15) is 0 Å². The molecule has 0 bridgehead atoms. The van der Waals surface area contributed by atoms with E-state index in [1.165, 1.54) is 12.2 Å². The number of rotatable bonds is 5. The quantitative estimate of drug-likeness (QED) is 0.626. The van der Waals surface area contributed by atoms with E-state index in [0.29, 0.717) is 29.9 Å². The Labute approximate surface area is 129 Å². The van der Waals surface area contributed by atoms with E-state index in [4.69, 9.17) is 10.8 Å². The molecule has 0 radical (unpaired) electrons. The van der Waals surface area contributed by atoms with Crippen molar-refractivity contribution in [1.29, 1.82) is 0 Å². The maximum absolute atomic E-state index is 12.2. The molecule has 0 saturated heterocycles. The first-order valence-corrected chi connectivity index (χ1v) is 7.10. The molecule has 0 saturated carbocycles. The molecule has 5 nitrogen and oxygen atoms in total. The Bertz CT molecular complexity index is 674. The maximum atomic E-state index is 12.2. The minimum absolute atomic E-state index is 0.0728. The first-order valence-electron chi connectivity index (χ1n) is 7.10. The highest BCUT2D eigenvalue weighted by atomic mass is 16.3. The van der Waals surface area contributed by atoms with Crippen molar-refractivity contribution in [2.75, 3.05) is 25.9 Å². The number of benzene rings is 1. The number of aliphatic hydroxyl groups excluding tert-OH is 1. The Balaban J connectivity index is 2.17. The first kappa shape index (κ1) is 16.0. The lowest BCUT2D eigenvalue weighted by Crippen LogP contribution is -2.29. The van der Waals surface area contributed by atoms with Gasteiger partial charge in [-0.15, -0.1) is 0 Å². The van der Waals surface area contributed by atoms with Crippen LogP contribution in [0.1, 0.15) is 11.1 Å². The third-order valence-corrected chi connectivity index (χ3v) is 3.72. The monoisotopic (exact) mass is 300 g/mol. The average Bonchev–Trinajstić information content (AvgIpc) is 2.46. The van der Waals surface area contributed by atoms with Crippen molar-refractivity contribution >= 4 is 17.3 Å². The number of carbonyl (C=O) groups is 2. The van der Waals surface area contributed by atoms with Crippen molar-refractivity contribution in [3.05, 3.63) is 52.7 Å². The van der Waals surface area contributed by atoms with Crippen LogP contribution in [-0.4, -0.2) is 41.8 Å². The zero-order chi connectivity index (χ0) is 16.3. The van der Waals surface area contributed by atoms with Gasteiger partial charge in [0.25, 0.3) is 0 Å². The third-order valence-electron chi connectivity index (χ3n) is 3.72. The number of anilines is 1. The highest BCUT2D eigenvalue weighted by molar-refractivity contribution is 6.19. The summed E-state index contributed by atoms with van der Waals surface area (Å²) < 4.78 is 0. The molecule has 0 atom stereocenters. The molecule has 0 aliphatic heterocycles. The van der Waals surface area contributed by atoms with Crippen LogP contribution in [0, 0.1) is 6.92 Å². The highest BCUT2D eigenvalue weighted by Gasteiger charge is 2.22. The number of hydrogen-bond acceptors (Lipinski definition) is 5. The fourth-order valence-corrected chi connectivity index (χ4v) is 2.37. The lowest BCUT2D eigenvalue weighted by atomic mass is 9.94. The van der Waals surface area contributed by atoms with Gasteiger partial charge in [-0.2, -0.15) is 0 Å².